The zero-order valence-electron chi connectivity index (χ0n) is 10.5. The first kappa shape index (κ1) is 14.2. The summed E-state index contributed by atoms with van der Waals surface area (Å²) in [4.78, 5) is 3.00. The van der Waals surface area contributed by atoms with E-state index in [4.69, 9.17) is 6.57 Å². The molecule has 0 heterocycles. The first-order chi connectivity index (χ1) is 9.44. The lowest BCUT2D eigenvalue weighted by molar-refractivity contribution is 0.594. The molecule has 102 valence electrons. The lowest BCUT2D eigenvalue weighted by Gasteiger charge is -2.06. The highest BCUT2D eigenvalue weighted by atomic mass is 32.2. The molecule has 0 N–H and O–H groups in total. The van der Waals surface area contributed by atoms with Crippen LogP contribution >= 0.6 is 0 Å². The van der Waals surface area contributed by atoms with Crippen molar-refractivity contribution in [1.82, 2.24) is 0 Å². The Morgan fingerprint density at radius 2 is 1.85 bits per heavy atom. The van der Waals surface area contributed by atoms with E-state index in [-0.39, 0.29) is 16.3 Å². The lowest BCUT2D eigenvalue weighted by atomic mass is 10.3. The molecule has 0 saturated heterocycles. The van der Waals surface area contributed by atoms with Crippen molar-refractivity contribution in [2.45, 2.75) is 4.90 Å². The van der Waals surface area contributed by atoms with Crippen LogP contribution in [0, 0.1) is 18.2 Å². The van der Waals surface area contributed by atoms with Crippen LogP contribution in [0.5, 0.6) is 0 Å². The van der Waals surface area contributed by atoms with Gasteiger partial charge >= 0.3 is 0 Å². The molecule has 0 fully saturated rings. The van der Waals surface area contributed by atoms with Gasteiger partial charge in [-0.1, -0.05) is 18.2 Å². The highest BCUT2D eigenvalue weighted by molar-refractivity contribution is 7.93. The van der Waals surface area contributed by atoms with E-state index in [1.165, 1.54) is 42.7 Å². The summed E-state index contributed by atoms with van der Waals surface area (Å²) in [7, 11) is -3.10. The molecule has 3 nitrogen and oxygen atoms in total. The van der Waals surface area contributed by atoms with E-state index < -0.39 is 21.4 Å². The van der Waals surface area contributed by atoms with Crippen molar-refractivity contribution in [3.05, 3.63) is 65.5 Å². The fraction of sp³-hybridized carbons (Fsp3) is 0.0714. The van der Waals surface area contributed by atoms with Crippen molar-refractivity contribution in [3.63, 3.8) is 0 Å². The maximum atomic E-state index is 13.7. The number of hydrogen-bond donors (Lipinski definition) is 0. The van der Waals surface area contributed by atoms with Crippen LogP contribution in [0.25, 0.3) is 4.85 Å². The molecule has 1 unspecified atom stereocenters. The molecule has 0 bridgehead atoms. The Morgan fingerprint density at radius 3 is 2.45 bits per heavy atom. The molecule has 6 heteroatoms. The minimum Gasteiger partial charge on any atom is -0.245 e. The monoisotopic (exact) mass is 292 g/mol. The lowest BCUT2D eigenvalue weighted by Crippen LogP contribution is -2.00. The number of halogens is 2. The molecule has 0 aliphatic heterocycles. The van der Waals surface area contributed by atoms with E-state index in [9.17, 15) is 13.0 Å². The van der Waals surface area contributed by atoms with Gasteiger partial charge in [0.1, 0.15) is 17.3 Å². The first-order valence-corrected chi connectivity index (χ1v) is 7.50. The molecular weight excluding hydrogens is 282 g/mol. The fourth-order valence-electron chi connectivity index (χ4n) is 1.63. The van der Waals surface area contributed by atoms with Crippen LogP contribution in [0.4, 0.5) is 20.2 Å². The summed E-state index contributed by atoms with van der Waals surface area (Å²) in [5.74, 6) is -1.41. The molecular formula is C14H10F2N2OS. The Morgan fingerprint density at radius 1 is 1.15 bits per heavy atom. The second-order valence-corrected chi connectivity index (χ2v) is 6.30. The molecule has 0 aliphatic rings. The Balaban J connectivity index is 2.58. The summed E-state index contributed by atoms with van der Waals surface area (Å²) in [6, 6.07) is 9.16. The summed E-state index contributed by atoms with van der Waals surface area (Å²) in [5, 5.41) is 0. The third kappa shape index (κ3) is 2.83. The Bertz CT molecular complexity index is 818. The number of rotatable bonds is 2. The predicted molar refractivity (Wildman–Crippen MR) is 73.5 cm³/mol. The minimum absolute atomic E-state index is 0.0753. The van der Waals surface area contributed by atoms with Gasteiger partial charge in [-0.3, -0.25) is 0 Å². The summed E-state index contributed by atoms with van der Waals surface area (Å²) in [5.41, 5.74) is -0.0388. The molecule has 0 aliphatic carbocycles. The number of benzene rings is 2. The molecule has 0 amide bonds. The maximum absolute atomic E-state index is 13.7. The van der Waals surface area contributed by atoms with Crippen LogP contribution in [-0.4, -0.2) is 10.5 Å². The summed E-state index contributed by atoms with van der Waals surface area (Å²) in [6.45, 7) is 6.78. The van der Waals surface area contributed by atoms with Gasteiger partial charge in [0.25, 0.3) is 0 Å². The molecule has 0 radical (unpaired) electrons. The minimum atomic E-state index is -3.10. The Labute approximate surface area is 115 Å². The van der Waals surface area contributed by atoms with Gasteiger partial charge in [0.2, 0.25) is 0 Å². The van der Waals surface area contributed by atoms with Gasteiger partial charge in [0.05, 0.1) is 21.2 Å². The van der Waals surface area contributed by atoms with Crippen molar-refractivity contribution < 1.29 is 13.0 Å². The number of hydrogen-bond acceptors (Lipinski definition) is 2. The smallest absolute Gasteiger partial charge is 0.190 e. The second-order valence-electron chi connectivity index (χ2n) is 4.07. The maximum Gasteiger partial charge on any atom is 0.190 e. The van der Waals surface area contributed by atoms with E-state index in [1.807, 2.05) is 0 Å². The van der Waals surface area contributed by atoms with Crippen molar-refractivity contribution in [2.75, 3.05) is 6.26 Å². The normalized spacial score (nSPS) is 13.3. The summed E-state index contributed by atoms with van der Waals surface area (Å²) in [6.07, 6.45) is 1.24. The molecule has 20 heavy (non-hydrogen) atoms. The van der Waals surface area contributed by atoms with Crippen molar-refractivity contribution in [1.29, 1.82) is 0 Å². The highest BCUT2D eigenvalue weighted by Gasteiger charge is 2.13. The van der Waals surface area contributed by atoms with Crippen molar-refractivity contribution >= 4 is 21.1 Å². The van der Waals surface area contributed by atoms with E-state index >= 15 is 0 Å². The average molecular weight is 292 g/mol. The zero-order chi connectivity index (χ0) is 14.8. The van der Waals surface area contributed by atoms with E-state index in [0.717, 1.165) is 6.07 Å². The topological polar surface area (TPSA) is 33.8 Å². The predicted octanol–water partition coefficient (Wildman–Crippen LogP) is 4.30. The fourth-order valence-corrected chi connectivity index (χ4v) is 3.01. The van der Waals surface area contributed by atoms with Gasteiger partial charge in [-0.25, -0.2) is 17.8 Å². The van der Waals surface area contributed by atoms with Crippen LogP contribution in [0.2, 0.25) is 0 Å². The molecule has 0 saturated carbocycles. The van der Waals surface area contributed by atoms with E-state index in [1.54, 1.807) is 0 Å². The molecule has 2 aromatic carbocycles. The molecule has 2 rings (SSSR count). The van der Waals surface area contributed by atoms with Gasteiger partial charge in [-0.2, -0.15) is 4.36 Å². The third-order valence-electron chi connectivity index (χ3n) is 2.58. The zero-order valence-corrected chi connectivity index (χ0v) is 11.3. The highest BCUT2D eigenvalue weighted by Crippen LogP contribution is 2.27. The van der Waals surface area contributed by atoms with Gasteiger partial charge in [-0.15, -0.1) is 0 Å². The second kappa shape index (κ2) is 5.39. The van der Waals surface area contributed by atoms with E-state index in [0.29, 0.717) is 0 Å². The molecule has 0 aromatic heterocycles. The SMILES string of the molecule is [C-]#[N+]c1ccc(N=S(C)(=O)c2ccccc2F)c(F)c1. The van der Waals surface area contributed by atoms with Crippen molar-refractivity contribution in [2.24, 2.45) is 4.36 Å². The van der Waals surface area contributed by atoms with Crippen LogP contribution in [0.1, 0.15) is 0 Å². The van der Waals surface area contributed by atoms with Crippen LogP contribution in [-0.2, 0) is 9.73 Å². The summed E-state index contributed by atoms with van der Waals surface area (Å²) < 4.78 is 43.6. The van der Waals surface area contributed by atoms with Gasteiger partial charge in [0.15, 0.2) is 5.69 Å². The first-order valence-electron chi connectivity index (χ1n) is 5.58. The number of nitrogens with zero attached hydrogens (tertiary/aromatic N) is 2. The van der Waals surface area contributed by atoms with Crippen molar-refractivity contribution in [3.8, 4) is 0 Å². The quantitative estimate of drug-likeness (QED) is 0.760. The van der Waals surface area contributed by atoms with Crippen LogP contribution in [0.3, 0.4) is 0 Å². The summed E-state index contributed by atoms with van der Waals surface area (Å²) >= 11 is 0. The average Bonchev–Trinajstić information content (AvgIpc) is 2.41. The molecule has 2 aromatic rings. The van der Waals surface area contributed by atoms with Gasteiger partial charge in [-0.05, 0) is 24.3 Å². The van der Waals surface area contributed by atoms with E-state index in [2.05, 4.69) is 9.21 Å². The standard InChI is InChI=1S/C14H10F2N2OS/c1-17-10-7-8-13(12(16)9-10)18-20(2,19)14-6-4-3-5-11(14)15/h3-9H,2H3. The third-order valence-corrected chi connectivity index (χ3v) is 4.27. The molecule has 0 spiro atoms. The molecule has 1 atom stereocenters. The van der Waals surface area contributed by atoms with Crippen LogP contribution in [0.15, 0.2) is 51.7 Å². The Kier molecular flexibility index (Phi) is 3.81. The van der Waals surface area contributed by atoms with Crippen LogP contribution < -0.4 is 0 Å². The Hall–Kier alpha value is -2.26. The van der Waals surface area contributed by atoms with Gasteiger partial charge < -0.3 is 0 Å². The van der Waals surface area contributed by atoms with Gasteiger partial charge in [0, 0.05) is 6.26 Å². The largest absolute Gasteiger partial charge is 0.245 e.